The molecule has 1 aromatic rings. The van der Waals surface area contributed by atoms with Crippen LogP contribution in [0.5, 0.6) is 0 Å². The summed E-state index contributed by atoms with van der Waals surface area (Å²) in [5.41, 5.74) is 3.19. The van der Waals surface area contributed by atoms with E-state index in [9.17, 15) is 18.8 Å². The van der Waals surface area contributed by atoms with Gasteiger partial charge in [0.1, 0.15) is 5.82 Å². The van der Waals surface area contributed by atoms with Gasteiger partial charge in [0, 0.05) is 39.4 Å². The van der Waals surface area contributed by atoms with E-state index in [1.807, 2.05) is 4.90 Å². The molecule has 30 heavy (non-hydrogen) atoms. The number of nitrogens with one attached hydrogen (secondary N) is 2. The van der Waals surface area contributed by atoms with E-state index in [0.717, 1.165) is 0 Å². The van der Waals surface area contributed by atoms with Gasteiger partial charge < -0.3 is 15.0 Å². The van der Waals surface area contributed by atoms with E-state index < -0.39 is 17.5 Å². The molecule has 2 heterocycles. The van der Waals surface area contributed by atoms with Gasteiger partial charge in [-0.05, 0) is 18.2 Å². The Bertz CT molecular complexity index is 881. The fraction of sp³-hybridized carbons (Fsp3) is 0.550. The van der Waals surface area contributed by atoms with E-state index in [1.54, 1.807) is 24.1 Å². The maximum atomic E-state index is 14.9. The van der Waals surface area contributed by atoms with Gasteiger partial charge >= 0.3 is 6.09 Å². The average molecular weight is 419 g/mol. The number of halogens is 1. The lowest BCUT2D eigenvalue weighted by Gasteiger charge is -2.24. The molecular weight excluding hydrogens is 393 g/mol. The maximum Gasteiger partial charge on any atom is 0.415 e. The summed E-state index contributed by atoms with van der Waals surface area (Å²) in [6.07, 6.45) is 0.429. The van der Waals surface area contributed by atoms with Crippen molar-refractivity contribution in [2.24, 2.45) is 0 Å². The molecule has 2 aliphatic heterocycles. The van der Waals surface area contributed by atoms with Crippen LogP contribution in [-0.2, 0) is 14.3 Å². The van der Waals surface area contributed by atoms with Gasteiger partial charge in [0.25, 0.3) is 0 Å². The van der Waals surface area contributed by atoms with Gasteiger partial charge in [-0.1, -0.05) is 6.92 Å². The molecule has 9 nitrogen and oxygen atoms in total. The number of ether oxygens (including phenoxy) is 1. The largest absolute Gasteiger partial charge is 0.438 e. The molecule has 2 atom stereocenters. The highest BCUT2D eigenvalue weighted by Gasteiger charge is 2.64. The Labute approximate surface area is 174 Å². The SMILES string of the molecule is CCC(=O)N1CCN(c2ccc(N3C[C@]4(CC4NC(C)=O)OC3=O)cc2F)CCN1. The van der Waals surface area contributed by atoms with Crippen LogP contribution in [0.1, 0.15) is 26.7 Å². The first-order valence-electron chi connectivity index (χ1n) is 10.2. The first-order chi connectivity index (χ1) is 14.3. The van der Waals surface area contributed by atoms with Crippen LogP contribution in [0.25, 0.3) is 0 Å². The van der Waals surface area contributed by atoms with Crippen molar-refractivity contribution in [3.8, 4) is 0 Å². The minimum Gasteiger partial charge on any atom is -0.438 e. The zero-order valence-electron chi connectivity index (χ0n) is 17.1. The summed E-state index contributed by atoms with van der Waals surface area (Å²) in [6.45, 7) is 5.54. The van der Waals surface area contributed by atoms with Crippen molar-refractivity contribution in [2.75, 3.05) is 42.5 Å². The van der Waals surface area contributed by atoms with E-state index in [2.05, 4.69) is 10.7 Å². The van der Waals surface area contributed by atoms with Crippen molar-refractivity contribution in [1.82, 2.24) is 15.8 Å². The van der Waals surface area contributed by atoms with Crippen LogP contribution in [-0.4, -0.2) is 67.3 Å². The molecule has 162 valence electrons. The van der Waals surface area contributed by atoms with Crippen molar-refractivity contribution in [1.29, 1.82) is 0 Å². The number of benzene rings is 1. The molecule has 4 rings (SSSR count). The molecule has 0 aromatic heterocycles. The van der Waals surface area contributed by atoms with Gasteiger partial charge in [0.15, 0.2) is 5.60 Å². The zero-order chi connectivity index (χ0) is 21.5. The highest BCUT2D eigenvalue weighted by molar-refractivity contribution is 5.91. The molecule has 1 unspecified atom stereocenters. The number of anilines is 2. The van der Waals surface area contributed by atoms with E-state index in [1.165, 1.54) is 17.9 Å². The predicted octanol–water partition coefficient (Wildman–Crippen LogP) is 0.993. The number of rotatable bonds is 4. The van der Waals surface area contributed by atoms with Crippen LogP contribution in [0.15, 0.2) is 18.2 Å². The molecule has 0 radical (unpaired) electrons. The summed E-state index contributed by atoms with van der Waals surface area (Å²) >= 11 is 0. The van der Waals surface area contributed by atoms with Crippen molar-refractivity contribution in [2.45, 2.75) is 38.3 Å². The second kappa shape index (κ2) is 7.75. The molecule has 2 saturated heterocycles. The van der Waals surface area contributed by atoms with Crippen molar-refractivity contribution in [3.05, 3.63) is 24.0 Å². The number of carbonyl (C=O) groups excluding carboxylic acids is 3. The summed E-state index contributed by atoms with van der Waals surface area (Å²) in [5.74, 6) is -0.606. The molecule has 3 fully saturated rings. The molecule has 10 heteroatoms. The predicted molar refractivity (Wildman–Crippen MR) is 107 cm³/mol. The summed E-state index contributed by atoms with van der Waals surface area (Å²) in [4.78, 5) is 38.8. The highest BCUT2D eigenvalue weighted by Crippen LogP contribution is 2.46. The van der Waals surface area contributed by atoms with Crippen LogP contribution >= 0.6 is 0 Å². The van der Waals surface area contributed by atoms with Gasteiger partial charge in [-0.15, -0.1) is 0 Å². The van der Waals surface area contributed by atoms with Crippen molar-refractivity contribution in [3.63, 3.8) is 0 Å². The Morgan fingerprint density at radius 2 is 2.13 bits per heavy atom. The van der Waals surface area contributed by atoms with Crippen LogP contribution < -0.4 is 20.5 Å². The van der Waals surface area contributed by atoms with Gasteiger partial charge in [0.05, 0.1) is 30.5 Å². The van der Waals surface area contributed by atoms with Crippen LogP contribution in [0.4, 0.5) is 20.6 Å². The molecule has 1 spiro atoms. The molecule has 3 aliphatic rings. The van der Waals surface area contributed by atoms with E-state index >= 15 is 0 Å². The van der Waals surface area contributed by atoms with E-state index in [4.69, 9.17) is 4.74 Å². The third kappa shape index (κ3) is 3.79. The first-order valence-corrected chi connectivity index (χ1v) is 10.2. The fourth-order valence-electron chi connectivity index (χ4n) is 4.09. The van der Waals surface area contributed by atoms with Gasteiger partial charge in [-0.3, -0.25) is 19.5 Å². The number of carbonyl (C=O) groups is 3. The number of amides is 3. The van der Waals surface area contributed by atoms with Gasteiger partial charge in [-0.2, -0.15) is 0 Å². The third-order valence-electron chi connectivity index (χ3n) is 5.80. The summed E-state index contributed by atoms with van der Waals surface area (Å²) in [5, 5.41) is 4.35. The Morgan fingerprint density at radius 1 is 1.33 bits per heavy atom. The molecule has 2 N–H and O–H groups in total. The summed E-state index contributed by atoms with van der Waals surface area (Å²) < 4.78 is 20.4. The van der Waals surface area contributed by atoms with Gasteiger partial charge in [0.2, 0.25) is 11.8 Å². The number of hydrazine groups is 1. The Morgan fingerprint density at radius 3 is 2.83 bits per heavy atom. The highest BCUT2D eigenvalue weighted by atomic mass is 19.1. The van der Waals surface area contributed by atoms with Crippen LogP contribution in [0.3, 0.4) is 0 Å². The fourth-order valence-corrected chi connectivity index (χ4v) is 4.09. The quantitative estimate of drug-likeness (QED) is 0.756. The smallest absolute Gasteiger partial charge is 0.415 e. The molecule has 1 aromatic carbocycles. The van der Waals surface area contributed by atoms with Crippen LogP contribution in [0.2, 0.25) is 0 Å². The molecule has 1 aliphatic carbocycles. The topological polar surface area (TPSA) is 94.2 Å². The maximum absolute atomic E-state index is 14.9. The molecule has 3 amide bonds. The lowest BCUT2D eigenvalue weighted by molar-refractivity contribution is -0.133. The Balaban J connectivity index is 1.44. The average Bonchev–Trinajstić information content (AvgIpc) is 3.32. The summed E-state index contributed by atoms with van der Waals surface area (Å²) in [6, 6.07) is 4.48. The zero-order valence-corrected chi connectivity index (χ0v) is 17.1. The van der Waals surface area contributed by atoms with E-state index in [-0.39, 0.29) is 24.4 Å². The minimum absolute atomic E-state index is 0.00629. The number of hydrogen-bond acceptors (Lipinski definition) is 6. The summed E-state index contributed by atoms with van der Waals surface area (Å²) in [7, 11) is 0. The third-order valence-corrected chi connectivity index (χ3v) is 5.80. The number of hydrogen-bond donors (Lipinski definition) is 2. The van der Waals surface area contributed by atoms with Crippen molar-refractivity contribution < 1.29 is 23.5 Å². The standard InChI is InChI=1S/C20H26FN5O4/c1-3-18(28)26-9-8-24(7-6-22-26)16-5-4-14(10-15(16)21)25-12-20(30-19(25)29)11-17(20)23-13(2)27/h4-5,10,17,22H,3,6-9,11-12H2,1-2H3,(H,23,27)/t17?,20-/m0/s1. The molecule has 1 saturated carbocycles. The van der Waals surface area contributed by atoms with Gasteiger partial charge in [-0.25, -0.2) is 14.6 Å². The second-order valence-electron chi connectivity index (χ2n) is 7.91. The van der Waals surface area contributed by atoms with E-state index in [0.29, 0.717) is 50.4 Å². The molecule has 0 bridgehead atoms. The Kier molecular flexibility index (Phi) is 5.27. The van der Waals surface area contributed by atoms with Crippen LogP contribution in [0, 0.1) is 5.82 Å². The first kappa shape index (κ1) is 20.4. The lowest BCUT2D eigenvalue weighted by atomic mass is 10.2. The molecular formula is C20H26FN5O4. The lowest BCUT2D eigenvalue weighted by Crippen LogP contribution is -2.43. The van der Waals surface area contributed by atoms with Crippen molar-refractivity contribution >= 4 is 29.3 Å². The Hall–Kier alpha value is -2.88. The normalized spacial score (nSPS) is 25.9. The monoisotopic (exact) mass is 419 g/mol. The minimum atomic E-state index is -0.719. The second-order valence-corrected chi connectivity index (χ2v) is 7.91. The number of nitrogens with zero attached hydrogens (tertiary/aromatic N) is 3.